The fourth-order valence-corrected chi connectivity index (χ4v) is 1.66. The Kier molecular flexibility index (Phi) is 4.69. The molecule has 2 aromatic carbocycles. The Labute approximate surface area is 117 Å². The molecule has 2 rings (SSSR count). The molecule has 20 heavy (non-hydrogen) atoms. The average molecular weight is 263 g/mol. The Bertz CT molecular complexity index is 637. The summed E-state index contributed by atoms with van der Waals surface area (Å²) in [6.07, 6.45) is 3.30. The third-order valence-corrected chi connectivity index (χ3v) is 2.67. The summed E-state index contributed by atoms with van der Waals surface area (Å²) in [7, 11) is 0. The van der Waals surface area contributed by atoms with Crippen LogP contribution in [0.5, 0.6) is 5.75 Å². The molecule has 0 saturated carbocycles. The minimum atomic E-state index is -0.0320. The van der Waals surface area contributed by atoms with Gasteiger partial charge in [0.05, 0.1) is 0 Å². The summed E-state index contributed by atoms with van der Waals surface area (Å²) in [6, 6.07) is 18.2. The van der Waals surface area contributed by atoms with Crippen molar-refractivity contribution >= 4 is 11.9 Å². The van der Waals surface area contributed by atoms with E-state index in [1.807, 2.05) is 36.4 Å². The fraction of sp³-hybridized carbons (Fsp3) is 0.0588. The number of hydrogen-bond acceptors (Lipinski definition) is 3. The van der Waals surface area contributed by atoms with Gasteiger partial charge in [-0.3, -0.25) is 4.79 Å². The summed E-state index contributed by atoms with van der Waals surface area (Å²) >= 11 is 0. The maximum absolute atomic E-state index is 11.9. The van der Waals surface area contributed by atoms with Crippen LogP contribution in [0.3, 0.4) is 0 Å². The van der Waals surface area contributed by atoms with Gasteiger partial charge >= 0.3 is 0 Å². The van der Waals surface area contributed by atoms with Crippen molar-refractivity contribution in [1.82, 2.24) is 0 Å². The highest BCUT2D eigenvalue weighted by Gasteiger charge is 1.99. The van der Waals surface area contributed by atoms with Crippen LogP contribution in [-0.4, -0.2) is 12.4 Å². The van der Waals surface area contributed by atoms with Gasteiger partial charge in [0, 0.05) is 5.56 Å². The summed E-state index contributed by atoms with van der Waals surface area (Å²) in [5, 5.41) is 8.41. The van der Waals surface area contributed by atoms with Gasteiger partial charge in [-0.25, -0.2) is 0 Å². The maximum atomic E-state index is 11.9. The minimum Gasteiger partial charge on any atom is -0.479 e. The molecule has 3 heteroatoms. The molecule has 0 radical (unpaired) electrons. The first kappa shape index (κ1) is 13.6. The second kappa shape index (κ2) is 6.91. The number of ether oxygens (including phenoxy) is 1. The van der Waals surface area contributed by atoms with E-state index in [4.69, 9.17) is 10.00 Å². The second-order valence-electron chi connectivity index (χ2n) is 4.08. The van der Waals surface area contributed by atoms with Crippen LogP contribution in [0, 0.1) is 11.3 Å². The quantitative estimate of drug-likeness (QED) is 0.613. The van der Waals surface area contributed by atoms with Gasteiger partial charge in [-0.2, -0.15) is 5.26 Å². The molecule has 0 atom stereocenters. The summed E-state index contributed by atoms with van der Waals surface area (Å²) in [5.41, 5.74) is 1.57. The Morgan fingerprint density at radius 2 is 1.80 bits per heavy atom. The van der Waals surface area contributed by atoms with Gasteiger partial charge in [-0.05, 0) is 23.8 Å². The van der Waals surface area contributed by atoms with Crippen LogP contribution < -0.4 is 4.74 Å². The van der Waals surface area contributed by atoms with Crippen molar-refractivity contribution < 1.29 is 9.53 Å². The smallest absolute Gasteiger partial charge is 0.185 e. The lowest BCUT2D eigenvalue weighted by Gasteiger charge is -2.01. The average Bonchev–Trinajstić information content (AvgIpc) is 2.52. The van der Waals surface area contributed by atoms with Crippen molar-refractivity contribution in [2.45, 2.75) is 0 Å². The van der Waals surface area contributed by atoms with E-state index < -0.39 is 0 Å². The second-order valence-corrected chi connectivity index (χ2v) is 4.08. The molecule has 0 amide bonds. The number of hydrogen-bond donors (Lipinski definition) is 0. The first-order chi connectivity index (χ1) is 9.79. The Morgan fingerprint density at radius 1 is 1.10 bits per heavy atom. The minimum absolute atomic E-state index is 0.0294. The number of benzene rings is 2. The molecule has 0 heterocycles. The van der Waals surface area contributed by atoms with Gasteiger partial charge in [0.2, 0.25) is 0 Å². The topological polar surface area (TPSA) is 50.1 Å². The number of allylic oxidation sites excluding steroid dienone is 1. The first-order valence-corrected chi connectivity index (χ1v) is 6.17. The van der Waals surface area contributed by atoms with E-state index in [0.29, 0.717) is 11.3 Å². The maximum Gasteiger partial charge on any atom is 0.185 e. The number of rotatable bonds is 5. The lowest BCUT2D eigenvalue weighted by Crippen LogP contribution is -1.93. The molecule has 3 nitrogen and oxygen atoms in total. The van der Waals surface area contributed by atoms with Crippen LogP contribution in [0.4, 0.5) is 0 Å². The summed E-state index contributed by atoms with van der Waals surface area (Å²) in [4.78, 5) is 11.9. The van der Waals surface area contributed by atoms with E-state index in [9.17, 15) is 4.79 Å². The monoisotopic (exact) mass is 263 g/mol. The molecule has 0 unspecified atom stereocenters. The van der Waals surface area contributed by atoms with Crippen molar-refractivity contribution in [3.8, 4) is 11.8 Å². The predicted octanol–water partition coefficient (Wildman–Crippen LogP) is 3.49. The van der Waals surface area contributed by atoms with Gasteiger partial charge < -0.3 is 4.74 Å². The van der Waals surface area contributed by atoms with E-state index in [1.54, 1.807) is 36.4 Å². The summed E-state index contributed by atoms with van der Waals surface area (Å²) in [5.74, 6) is 0.605. The van der Waals surface area contributed by atoms with Gasteiger partial charge in [0.1, 0.15) is 11.8 Å². The third-order valence-electron chi connectivity index (χ3n) is 2.67. The van der Waals surface area contributed by atoms with Gasteiger partial charge in [-0.15, -0.1) is 0 Å². The van der Waals surface area contributed by atoms with Crippen LogP contribution in [0.25, 0.3) is 6.08 Å². The highest BCUT2D eigenvalue weighted by Crippen LogP contribution is 2.13. The van der Waals surface area contributed by atoms with Gasteiger partial charge in [0.25, 0.3) is 0 Å². The van der Waals surface area contributed by atoms with Crippen molar-refractivity contribution in [3.05, 3.63) is 71.8 Å². The van der Waals surface area contributed by atoms with Crippen LogP contribution in [0.1, 0.15) is 15.9 Å². The molecule has 0 spiro atoms. The van der Waals surface area contributed by atoms with Gasteiger partial charge in [0.15, 0.2) is 12.4 Å². The highest BCUT2D eigenvalue weighted by molar-refractivity contribution is 6.06. The largest absolute Gasteiger partial charge is 0.479 e. The molecule has 0 saturated heterocycles. The van der Waals surface area contributed by atoms with E-state index >= 15 is 0 Å². The lowest BCUT2D eigenvalue weighted by atomic mass is 10.1. The zero-order valence-electron chi connectivity index (χ0n) is 10.8. The zero-order valence-corrected chi connectivity index (χ0v) is 10.8. The van der Waals surface area contributed by atoms with Crippen LogP contribution >= 0.6 is 0 Å². The summed E-state index contributed by atoms with van der Waals surface area (Å²) < 4.78 is 5.15. The number of carbonyl (C=O) groups excluding carboxylic acids is 1. The molecule has 2 aromatic rings. The molecule has 0 aliphatic rings. The van der Waals surface area contributed by atoms with Crippen LogP contribution in [-0.2, 0) is 0 Å². The molecule has 98 valence electrons. The van der Waals surface area contributed by atoms with Crippen molar-refractivity contribution in [2.24, 2.45) is 0 Å². The van der Waals surface area contributed by atoms with Crippen LogP contribution in [0.15, 0.2) is 60.7 Å². The third kappa shape index (κ3) is 3.82. The highest BCUT2D eigenvalue weighted by atomic mass is 16.5. The molecule has 0 fully saturated rings. The lowest BCUT2D eigenvalue weighted by molar-refractivity contribution is 0.104. The van der Waals surface area contributed by atoms with Crippen molar-refractivity contribution in [1.29, 1.82) is 5.26 Å². The molecule has 0 aliphatic carbocycles. The Morgan fingerprint density at radius 3 is 2.45 bits per heavy atom. The number of nitrogens with zero attached hydrogens (tertiary/aromatic N) is 1. The molecule has 0 bridgehead atoms. The van der Waals surface area contributed by atoms with E-state index in [1.165, 1.54) is 0 Å². The molecular weight excluding hydrogens is 250 g/mol. The number of carbonyl (C=O) groups is 1. The SMILES string of the molecule is N#CCOc1ccc(/C=C\C(=O)c2ccccc2)cc1. The first-order valence-electron chi connectivity index (χ1n) is 6.17. The number of ketones is 1. The van der Waals surface area contributed by atoms with E-state index in [0.717, 1.165) is 5.56 Å². The molecule has 0 aromatic heterocycles. The van der Waals surface area contributed by atoms with Crippen LogP contribution in [0.2, 0.25) is 0 Å². The van der Waals surface area contributed by atoms with Crippen molar-refractivity contribution in [2.75, 3.05) is 6.61 Å². The Hall–Kier alpha value is -2.86. The Balaban J connectivity index is 2.01. The molecule has 0 aliphatic heterocycles. The molecule has 0 N–H and O–H groups in total. The van der Waals surface area contributed by atoms with Crippen molar-refractivity contribution in [3.63, 3.8) is 0 Å². The van der Waals surface area contributed by atoms with E-state index in [-0.39, 0.29) is 12.4 Å². The predicted molar refractivity (Wildman–Crippen MR) is 77.4 cm³/mol. The normalized spacial score (nSPS) is 10.2. The zero-order chi connectivity index (χ0) is 14.2. The fourth-order valence-electron chi connectivity index (χ4n) is 1.66. The van der Waals surface area contributed by atoms with Gasteiger partial charge in [-0.1, -0.05) is 48.5 Å². The van der Waals surface area contributed by atoms with E-state index in [2.05, 4.69) is 0 Å². The molecular formula is C17H13NO2. The standard InChI is InChI=1S/C17H13NO2/c18-12-13-20-16-9-6-14(7-10-16)8-11-17(19)15-4-2-1-3-5-15/h1-11H,13H2/b11-8-. The summed E-state index contributed by atoms with van der Waals surface area (Å²) in [6.45, 7) is 0.0294. The number of nitriles is 1.